The highest BCUT2D eigenvalue weighted by Crippen LogP contribution is 2.27. The molecule has 1 aliphatic carbocycles. The third-order valence-corrected chi connectivity index (χ3v) is 2.80. The first-order valence-corrected chi connectivity index (χ1v) is 4.69. The molecule has 3 N–H and O–H groups in total. The molecule has 78 valence electrons. The summed E-state index contributed by atoms with van der Waals surface area (Å²) in [6, 6.07) is 0. The molecule has 0 aliphatic heterocycles. The van der Waals surface area contributed by atoms with E-state index in [1.165, 1.54) is 0 Å². The van der Waals surface area contributed by atoms with Crippen LogP contribution in [0.4, 0.5) is 0 Å². The Hall–Kier alpha value is -0.280. The van der Waals surface area contributed by atoms with Crippen LogP contribution in [0.15, 0.2) is 0 Å². The van der Waals surface area contributed by atoms with Gasteiger partial charge >= 0.3 is 0 Å². The molecule has 13 heavy (non-hydrogen) atoms. The smallest absolute Gasteiger partial charge is 0.222 e. The number of amides is 1. The first-order valence-electron chi connectivity index (χ1n) is 4.69. The van der Waals surface area contributed by atoms with Gasteiger partial charge in [0, 0.05) is 13.0 Å². The molecule has 0 atom stereocenters. The van der Waals surface area contributed by atoms with Gasteiger partial charge in [0.25, 0.3) is 0 Å². The number of carbonyl (C=O) groups excluding carboxylic acids is 1. The second kappa shape index (κ2) is 6.22. The van der Waals surface area contributed by atoms with Gasteiger partial charge in [0.2, 0.25) is 5.91 Å². The molecule has 0 aromatic rings. The van der Waals surface area contributed by atoms with Gasteiger partial charge in [0.15, 0.2) is 0 Å². The van der Waals surface area contributed by atoms with E-state index in [1.54, 1.807) is 7.05 Å². The highest BCUT2D eigenvalue weighted by Gasteiger charge is 2.24. The van der Waals surface area contributed by atoms with Crippen molar-refractivity contribution in [2.75, 3.05) is 13.6 Å². The molecular formula is C9H19ClN2O. The molecule has 0 aromatic carbocycles. The van der Waals surface area contributed by atoms with E-state index in [9.17, 15) is 4.79 Å². The van der Waals surface area contributed by atoms with E-state index in [4.69, 9.17) is 5.73 Å². The van der Waals surface area contributed by atoms with E-state index < -0.39 is 0 Å². The fourth-order valence-corrected chi connectivity index (χ4v) is 1.86. The lowest BCUT2D eigenvalue weighted by atomic mass is 9.82. The van der Waals surface area contributed by atoms with Crippen molar-refractivity contribution in [3.63, 3.8) is 0 Å². The van der Waals surface area contributed by atoms with E-state index in [-0.39, 0.29) is 24.2 Å². The first-order chi connectivity index (χ1) is 5.77. The molecule has 1 rings (SSSR count). The summed E-state index contributed by atoms with van der Waals surface area (Å²) in [7, 11) is 1.71. The van der Waals surface area contributed by atoms with Crippen LogP contribution in [-0.4, -0.2) is 19.5 Å². The van der Waals surface area contributed by atoms with Crippen molar-refractivity contribution < 1.29 is 4.79 Å². The van der Waals surface area contributed by atoms with Crippen LogP contribution in [0.1, 0.15) is 25.7 Å². The largest absolute Gasteiger partial charge is 0.359 e. The maximum atomic E-state index is 11.2. The quantitative estimate of drug-likeness (QED) is 0.706. The Morgan fingerprint density at radius 1 is 1.38 bits per heavy atom. The minimum Gasteiger partial charge on any atom is -0.359 e. The molecule has 1 saturated carbocycles. The molecule has 0 radical (unpaired) electrons. The summed E-state index contributed by atoms with van der Waals surface area (Å²) in [6.07, 6.45) is 4.27. The highest BCUT2D eigenvalue weighted by molar-refractivity contribution is 5.85. The van der Waals surface area contributed by atoms with Crippen LogP contribution in [0.5, 0.6) is 0 Å². The van der Waals surface area contributed by atoms with E-state index in [2.05, 4.69) is 5.32 Å². The van der Waals surface area contributed by atoms with Crippen molar-refractivity contribution in [3.8, 4) is 0 Å². The van der Waals surface area contributed by atoms with E-state index >= 15 is 0 Å². The van der Waals surface area contributed by atoms with Crippen molar-refractivity contribution in [1.29, 1.82) is 0 Å². The van der Waals surface area contributed by atoms with Gasteiger partial charge < -0.3 is 11.1 Å². The Morgan fingerprint density at radius 3 is 2.31 bits per heavy atom. The number of nitrogens with one attached hydrogen (secondary N) is 1. The molecule has 3 nitrogen and oxygen atoms in total. The van der Waals surface area contributed by atoms with Gasteiger partial charge in [-0.05, 0) is 38.1 Å². The van der Waals surface area contributed by atoms with Crippen LogP contribution in [0, 0.1) is 11.8 Å². The zero-order valence-electron chi connectivity index (χ0n) is 8.08. The maximum absolute atomic E-state index is 11.2. The number of halogens is 1. The summed E-state index contributed by atoms with van der Waals surface area (Å²) in [5, 5.41) is 2.70. The summed E-state index contributed by atoms with van der Waals surface area (Å²) >= 11 is 0. The van der Waals surface area contributed by atoms with Crippen molar-refractivity contribution in [2.24, 2.45) is 17.6 Å². The maximum Gasteiger partial charge on any atom is 0.222 e. The van der Waals surface area contributed by atoms with E-state index in [0.717, 1.165) is 32.2 Å². The van der Waals surface area contributed by atoms with Crippen LogP contribution >= 0.6 is 12.4 Å². The number of carbonyl (C=O) groups is 1. The van der Waals surface area contributed by atoms with E-state index in [1.807, 2.05) is 0 Å². The van der Waals surface area contributed by atoms with Gasteiger partial charge in [-0.15, -0.1) is 12.4 Å². The lowest BCUT2D eigenvalue weighted by Gasteiger charge is -2.26. The summed E-state index contributed by atoms with van der Waals surface area (Å²) in [5.41, 5.74) is 5.56. The molecule has 0 unspecified atom stereocenters. The topological polar surface area (TPSA) is 55.1 Å². The monoisotopic (exact) mass is 206 g/mol. The highest BCUT2D eigenvalue weighted by atomic mass is 35.5. The summed E-state index contributed by atoms with van der Waals surface area (Å²) < 4.78 is 0. The van der Waals surface area contributed by atoms with Crippen molar-refractivity contribution in [3.05, 3.63) is 0 Å². The van der Waals surface area contributed by atoms with Crippen LogP contribution in [-0.2, 0) is 4.79 Å². The number of hydrogen-bond donors (Lipinski definition) is 2. The Labute approximate surface area is 85.9 Å². The number of hydrogen-bond acceptors (Lipinski definition) is 2. The van der Waals surface area contributed by atoms with Gasteiger partial charge in [-0.1, -0.05) is 0 Å². The zero-order chi connectivity index (χ0) is 8.97. The Kier molecular flexibility index (Phi) is 6.08. The normalized spacial score (nSPS) is 27.5. The van der Waals surface area contributed by atoms with Gasteiger partial charge in [0.1, 0.15) is 0 Å². The average Bonchev–Trinajstić information content (AvgIpc) is 2.17. The Morgan fingerprint density at radius 2 is 1.92 bits per heavy atom. The molecule has 1 aliphatic rings. The second-order valence-corrected chi connectivity index (χ2v) is 3.57. The van der Waals surface area contributed by atoms with Crippen LogP contribution in [0.2, 0.25) is 0 Å². The van der Waals surface area contributed by atoms with Gasteiger partial charge in [-0.25, -0.2) is 0 Å². The van der Waals surface area contributed by atoms with Crippen molar-refractivity contribution in [1.82, 2.24) is 5.32 Å². The Balaban J connectivity index is 0.00000144. The summed E-state index contributed by atoms with van der Waals surface area (Å²) in [6.45, 7) is 0.778. The molecule has 0 aromatic heterocycles. The van der Waals surface area contributed by atoms with Gasteiger partial charge in [-0.2, -0.15) is 0 Å². The van der Waals surface area contributed by atoms with Crippen LogP contribution in [0.3, 0.4) is 0 Å². The predicted molar refractivity (Wildman–Crippen MR) is 55.8 cm³/mol. The third kappa shape index (κ3) is 3.53. The molecule has 1 fully saturated rings. The Bertz CT molecular complexity index is 156. The second-order valence-electron chi connectivity index (χ2n) is 3.57. The fraction of sp³-hybridized carbons (Fsp3) is 0.889. The van der Waals surface area contributed by atoms with Gasteiger partial charge in [-0.3, -0.25) is 4.79 Å². The van der Waals surface area contributed by atoms with Crippen LogP contribution < -0.4 is 11.1 Å². The minimum absolute atomic E-state index is 0. The fourth-order valence-electron chi connectivity index (χ4n) is 1.86. The molecule has 0 spiro atoms. The number of nitrogens with two attached hydrogens (primary N) is 1. The molecule has 0 bridgehead atoms. The molecular weight excluding hydrogens is 188 g/mol. The number of rotatable bonds is 2. The predicted octanol–water partition coefficient (Wildman–Crippen LogP) is 0.919. The standard InChI is InChI=1S/C9H18N2O.ClH/c1-11-9(12)8-4-2-7(6-10)3-5-8;/h7-8H,2-6,10H2,1H3,(H,11,12);1H/t7-,8-;. The molecule has 0 saturated heterocycles. The summed E-state index contributed by atoms with van der Waals surface area (Å²) in [5.74, 6) is 1.11. The van der Waals surface area contributed by atoms with Crippen molar-refractivity contribution in [2.45, 2.75) is 25.7 Å². The van der Waals surface area contributed by atoms with Gasteiger partial charge in [0.05, 0.1) is 0 Å². The first kappa shape index (κ1) is 12.7. The average molecular weight is 207 g/mol. The molecule has 0 heterocycles. The zero-order valence-corrected chi connectivity index (χ0v) is 8.90. The lowest BCUT2D eigenvalue weighted by Crippen LogP contribution is -2.32. The molecule has 4 heteroatoms. The third-order valence-electron chi connectivity index (χ3n) is 2.80. The van der Waals surface area contributed by atoms with Crippen molar-refractivity contribution >= 4 is 18.3 Å². The minimum atomic E-state index is 0. The van der Waals surface area contributed by atoms with Crippen LogP contribution in [0.25, 0.3) is 0 Å². The van der Waals surface area contributed by atoms with E-state index in [0.29, 0.717) is 5.92 Å². The lowest BCUT2D eigenvalue weighted by molar-refractivity contribution is -0.125. The SMILES string of the molecule is CNC(=O)[C@H]1CC[C@H](CN)CC1.Cl. The summed E-state index contributed by atoms with van der Waals surface area (Å²) in [4.78, 5) is 11.2. The molecule has 1 amide bonds.